The molecule has 2 aromatic carbocycles. The molecule has 0 spiro atoms. The molecule has 0 aliphatic carbocycles. The van der Waals surface area contributed by atoms with Gasteiger partial charge in [0.2, 0.25) is 5.91 Å². The van der Waals surface area contributed by atoms with Gasteiger partial charge in [-0.25, -0.2) is 4.98 Å². The number of benzene rings is 2. The molecule has 0 saturated heterocycles. The van der Waals surface area contributed by atoms with Gasteiger partial charge in [0.1, 0.15) is 11.2 Å². The van der Waals surface area contributed by atoms with Crippen molar-refractivity contribution in [1.82, 2.24) is 30.1 Å². The summed E-state index contributed by atoms with van der Waals surface area (Å²) in [5.41, 5.74) is 7.93. The van der Waals surface area contributed by atoms with Crippen molar-refractivity contribution in [2.45, 2.75) is 25.0 Å². The summed E-state index contributed by atoms with van der Waals surface area (Å²) in [6, 6.07) is 17.7. The maximum absolute atomic E-state index is 12.6. The monoisotopic (exact) mass is 543 g/mol. The maximum Gasteiger partial charge on any atom is 0.228 e. The number of anilines is 1. The van der Waals surface area contributed by atoms with E-state index in [-0.39, 0.29) is 5.91 Å². The molecule has 4 aromatic heterocycles. The number of hydrogen-bond donors (Lipinski definition) is 3. The third kappa shape index (κ3) is 4.65. The summed E-state index contributed by atoms with van der Waals surface area (Å²) in [5, 5.41) is 12.2. The number of thioether (sulfide) groups is 1. The Morgan fingerprint density at radius 3 is 2.73 bits per heavy atom. The van der Waals surface area contributed by atoms with Crippen molar-refractivity contribution in [2.24, 2.45) is 0 Å². The van der Waals surface area contributed by atoms with E-state index in [1.165, 1.54) is 4.91 Å². The van der Waals surface area contributed by atoms with Gasteiger partial charge in [-0.3, -0.25) is 19.9 Å². The van der Waals surface area contributed by atoms with Gasteiger partial charge in [-0.15, -0.1) is 11.8 Å². The Morgan fingerprint density at radius 1 is 1.00 bits per heavy atom. The molecule has 40 heavy (non-hydrogen) atoms. The minimum Gasteiger partial charge on any atom is -0.335 e. The van der Waals surface area contributed by atoms with Gasteiger partial charge in [0.25, 0.3) is 0 Å². The molecule has 1 atom stereocenters. The number of nitrogens with one attached hydrogen (secondary N) is 3. The molecule has 196 valence electrons. The molecule has 9 heteroatoms. The van der Waals surface area contributed by atoms with E-state index < -0.39 is 0 Å². The van der Waals surface area contributed by atoms with Crippen molar-refractivity contribution in [3.63, 3.8) is 0 Å². The predicted molar refractivity (Wildman–Crippen MR) is 161 cm³/mol. The van der Waals surface area contributed by atoms with E-state index in [1.54, 1.807) is 12.4 Å². The molecule has 0 radical (unpaired) electrons. The number of imidazole rings is 1. The Bertz CT molecular complexity index is 1910. The van der Waals surface area contributed by atoms with E-state index in [9.17, 15) is 4.79 Å². The van der Waals surface area contributed by atoms with Crippen molar-refractivity contribution < 1.29 is 4.79 Å². The number of carbonyl (C=O) groups is 1. The van der Waals surface area contributed by atoms with Gasteiger partial charge in [0.05, 0.1) is 35.5 Å². The van der Waals surface area contributed by atoms with Crippen LogP contribution in [0.1, 0.15) is 24.5 Å². The zero-order valence-corrected chi connectivity index (χ0v) is 22.5. The predicted octanol–water partition coefficient (Wildman–Crippen LogP) is 6.61. The van der Waals surface area contributed by atoms with Crippen LogP contribution in [0.25, 0.3) is 49.5 Å². The highest BCUT2D eigenvalue weighted by Gasteiger charge is 2.20. The van der Waals surface area contributed by atoms with Gasteiger partial charge < -0.3 is 10.3 Å². The van der Waals surface area contributed by atoms with Crippen LogP contribution in [0.3, 0.4) is 0 Å². The fourth-order valence-electron chi connectivity index (χ4n) is 5.01. The van der Waals surface area contributed by atoms with E-state index in [2.05, 4.69) is 49.5 Å². The van der Waals surface area contributed by atoms with E-state index >= 15 is 0 Å². The topological polar surface area (TPSA) is 112 Å². The van der Waals surface area contributed by atoms with Crippen LogP contribution in [0.4, 0.5) is 5.69 Å². The van der Waals surface area contributed by atoms with Gasteiger partial charge in [-0.2, -0.15) is 5.10 Å². The molecule has 3 N–H and O–H groups in total. The summed E-state index contributed by atoms with van der Waals surface area (Å²) < 4.78 is 0. The van der Waals surface area contributed by atoms with Gasteiger partial charge in [0.15, 0.2) is 5.82 Å². The number of fused-ring (bicyclic) bond motifs is 2. The second kappa shape index (κ2) is 10.1. The lowest BCUT2D eigenvalue weighted by Gasteiger charge is -2.08. The zero-order valence-electron chi connectivity index (χ0n) is 21.7. The minimum atomic E-state index is -0.0855. The first-order chi connectivity index (χ1) is 19.6. The van der Waals surface area contributed by atoms with E-state index in [4.69, 9.17) is 4.98 Å². The van der Waals surface area contributed by atoms with Crippen LogP contribution in [-0.4, -0.2) is 41.3 Å². The van der Waals surface area contributed by atoms with Crippen LogP contribution >= 0.6 is 11.8 Å². The summed E-state index contributed by atoms with van der Waals surface area (Å²) in [6.07, 6.45) is 10.8. The summed E-state index contributed by atoms with van der Waals surface area (Å²) in [7, 11) is 0. The third-order valence-electron chi connectivity index (χ3n) is 6.97. The Morgan fingerprint density at radius 2 is 1.88 bits per heavy atom. The lowest BCUT2D eigenvalue weighted by molar-refractivity contribution is -0.115. The number of aromatic amines is 2. The number of H-pyrrole nitrogens is 2. The summed E-state index contributed by atoms with van der Waals surface area (Å²) in [6.45, 7) is 2.23. The highest BCUT2D eigenvalue weighted by molar-refractivity contribution is 8.09. The van der Waals surface area contributed by atoms with Crippen molar-refractivity contribution >= 4 is 50.2 Å². The van der Waals surface area contributed by atoms with Crippen LogP contribution in [0.15, 0.2) is 85.5 Å². The molecule has 0 bridgehead atoms. The Hall–Kier alpha value is -4.76. The molecular formula is C31H25N7OS. The molecule has 6 aromatic rings. The van der Waals surface area contributed by atoms with Gasteiger partial charge in [-0.1, -0.05) is 49.4 Å². The van der Waals surface area contributed by atoms with Gasteiger partial charge in [-0.05, 0) is 35.7 Å². The first kappa shape index (κ1) is 24.3. The normalized spacial score (nSPS) is 15.0. The molecule has 0 saturated carbocycles. The number of hydrogen-bond acceptors (Lipinski definition) is 6. The number of nitrogens with zero attached hydrogens (tertiary/aromatic N) is 4. The zero-order chi connectivity index (χ0) is 27.1. The smallest absolute Gasteiger partial charge is 0.228 e. The van der Waals surface area contributed by atoms with Crippen LogP contribution in [-0.2, 0) is 11.2 Å². The molecule has 1 aliphatic heterocycles. The van der Waals surface area contributed by atoms with Gasteiger partial charge in [0, 0.05) is 39.1 Å². The quantitative estimate of drug-likeness (QED) is 0.218. The SMILES string of the molecule is CC1CC=C(c2cncc3[nH]c(-c4n[nH]c5ccc(-c6cncc(NC(=O)Cc7ccccc7)c6)cc45)nc23)S1. The van der Waals surface area contributed by atoms with E-state index in [0.717, 1.165) is 56.3 Å². The molecule has 7 rings (SSSR count). The molecule has 1 aliphatic rings. The molecule has 1 unspecified atom stereocenters. The summed E-state index contributed by atoms with van der Waals surface area (Å²) in [5.74, 6) is 0.599. The number of pyridine rings is 2. The van der Waals surface area contributed by atoms with E-state index in [1.807, 2.05) is 72.7 Å². The van der Waals surface area contributed by atoms with Crippen LogP contribution in [0, 0.1) is 0 Å². The molecule has 8 nitrogen and oxygen atoms in total. The second-order valence-electron chi connectivity index (χ2n) is 9.91. The molecule has 1 amide bonds. The van der Waals surface area contributed by atoms with Crippen molar-refractivity contribution in [3.8, 4) is 22.6 Å². The molecular weight excluding hydrogens is 518 g/mol. The molecule has 0 fully saturated rings. The first-order valence-electron chi connectivity index (χ1n) is 13.1. The Balaban J connectivity index is 1.20. The summed E-state index contributed by atoms with van der Waals surface area (Å²) in [4.78, 5) is 31.0. The number of carbonyl (C=O) groups excluding carboxylic acids is 1. The van der Waals surface area contributed by atoms with Crippen LogP contribution < -0.4 is 5.32 Å². The van der Waals surface area contributed by atoms with Crippen LogP contribution in [0.5, 0.6) is 0 Å². The van der Waals surface area contributed by atoms with Crippen molar-refractivity contribution in [3.05, 3.63) is 96.6 Å². The standard InChI is InChI=1S/C31H25N7OS/c1-18-7-10-27(40-18)24-16-33-17-26-29(24)36-31(35-26)30-23-13-20(8-9-25(23)37-38-30)21-12-22(15-32-14-21)34-28(39)11-19-5-3-2-4-6-19/h2-6,8-10,12-18H,7,11H2,1H3,(H,34,39)(H,35,36)(H,37,38). The Kier molecular flexibility index (Phi) is 6.13. The maximum atomic E-state index is 12.6. The van der Waals surface area contributed by atoms with Crippen LogP contribution in [0.2, 0.25) is 0 Å². The average molecular weight is 544 g/mol. The number of allylic oxidation sites excluding steroid dienone is 1. The minimum absolute atomic E-state index is 0.0855. The van der Waals surface area contributed by atoms with Crippen molar-refractivity contribution in [1.29, 1.82) is 0 Å². The Labute approximate surface area is 234 Å². The average Bonchev–Trinajstić information content (AvgIpc) is 3.71. The number of amides is 1. The highest BCUT2D eigenvalue weighted by atomic mass is 32.2. The summed E-state index contributed by atoms with van der Waals surface area (Å²) >= 11 is 1.86. The highest BCUT2D eigenvalue weighted by Crippen LogP contribution is 2.41. The second-order valence-corrected chi connectivity index (χ2v) is 11.4. The third-order valence-corrected chi connectivity index (χ3v) is 8.21. The molecule has 5 heterocycles. The fourth-order valence-corrected chi connectivity index (χ4v) is 6.11. The first-order valence-corrected chi connectivity index (χ1v) is 14.0. The van der Waals surface area contributed by atoms with Crippen molar-refractivity contribution in [2.75, 3.05) is 5.32 Å². The van der Waals surface area contributed by atoms with E-state index in [0.29, 0.717) is 23.2 Å². The lowest BCUT2D eigenvalue weighted by Crippen LogP contribution is -2.14. The fraction of sp³-hybridized carbons (Fsp3) is 0.129. The lowest BCUT2D eigenvalue weighted by atomic mass is 10.0. The number of rotatable bonds is 6. The van der Waals surface area contributed by atoms with Gasteiger partial charge >= 0.3 is 0 Å². The number of aromatic nitrogens is 6. The largest absolute Gasteiger partial charge is 0.335 e.